The zero-order valence-corrected chi connectivity index (χ0v) is 15.3. The van der Waals surface area contributed by atoms with Gasteiger partial charge in [0, 0.05) is 18.9 Å². The lowest BCUT2D eigenvalue weighted by Gasteiger charge is -2.12. The van der Waals surface area contributed by atoms with Crippen molar-refractivity contribution >= 4 is 5.91 Å². The van der Waals surface area contributed by atoms with E-state index in [1.54, 1.807) is 18.3 Å². The van der Waals surface area contributed by atoms with Crippen molar-refractivity contribution in [2.24, 2.45) is 0 Å². The van der Waals surface area contributed by atoms with E-state index in [2.05, 4.69) is 10.4 Å². The van der Waals surface area contributed by atoms with Gasteiger partial charge in [0.25, 0.3) is 5.91 Å². The van der Waals surface area contributed by atoms with Crippen LogP contribution in [0.1, 0.15) is 18.1 Å². The summed E-state index contributed by atoms with van der Waals surface area (Å²) in [4.78, 5) is 12.1. The van der Waals surface area contributed by atoms with Gasteiger partial charge in [0.1, 0.15) is 11.5 Å². The Bertz CT molecular complexity index is 845. The highest BCUT2D eigenvalue weighted by Gasteiger charge is 2.07. The first kappa shape index (κ1) is 18.5. The third kappa shape index (κ3) is 5.60. The van der Waals surface area contributed by atoms with Gasteiger partial charge in [0.2, 0.25) is 0 Å². The standard InChI is InChI=1S/C21H23N3O3/c1-2-26-19-8-10-20(11-9-19)27-16-21(25)22-14-17-6-3-4-7-18(17)15-24-13-5-12-23-24/h3-13H,2,14-16H2,1H3,(H,22,25). The van der Waals surface area contributed by atoms with Crippen molar-refractivity contribution in [2.75, 3.05) is 13.2 Å². The molecule has 0 spiro atoms. The summed E-state index contributed by atoms with van der Waals surface area (Å²) >= 11 is 0. The molecule has 0 atom stereocenters. The van der Waals surface area contributed by atoms with Crippen LogP contribution in [0.2, 0.25) is 0 Å². The second-order valence-corrected chi connectivity index (χ2v) is 5.94. The molecule has 0 aliphatic rings. The van der Waals surface area contributed by atoms with E-state index in [1.807, 2.05) is 60.3 Å². The summed E-state index contributed by atoms with van der Waals surface area (Å²) in [6.07, 6.45) is 3.67. The van der Waals surface area contributed by atoms with Crippen molar-refractivity contribution < 1.29 is 14.3 Å². The molecular formula is C21H23N3O3. The van der Waals surface area contributed by atoms with E-state index >= 15 is 0 Å². The van der Waals surface area contributed by atoms with Crippen molar-refractivity contribution in [3.05, 3.63) is 78.1 Å². The molecule has 0 unspecified atom stereocenters. The number of aromatic nitrogens is 2. The molecule has 1 heterocycles. The van der Waals surface area contributed by atoms with E-state index in [4.69, 9.17) is 9.47 Å². The van der Waals surface area contributed by atoms with Gasteiger partial charge in [0.05, 0.1) is 13.2 Å². The number of rotatable bonds is 9. The fourth-order valence-electron chi connectivity index (χ4n) is 2.65. The van der Waals surface area contributed by atoms with Gasteiger partial charge >= 0.3 is 0 Å². The van der Waals surface area contributed by atoms with E-state index in [0.717, 1.165) is 16.9 Å². The summed E-state index contributed by atoms with van der Waals surface area (Å²) in [6, 6.07) is 17.1. The van der Waals surface area contributed by atoms with Crippen LogP contribution in [-0.2, 0) is 17.9 Å². The van der Waals surface area contributed by atoms with Gasteiger partial charge in [-0.25, -0.2) is 0 Å². The Morgan fingerprint density at radius 2 is 1.70 bits per heavy atom. The second-order valence-electron chi connectivity index (χ2n) is 5.94. The molecule has 6 heteroatoms. The smallest absolute Gasteiger partial charge is 0.258 e. The van der Waals surface area contributed by atoms with Gasteiger partial charge in [-0.2, -0.15) is 5.10 Å². The highest BCUT2D eigenvalue weighted by atomic mass is 16.5. The minimum atomic E-state index is -0.169. The molecule has 1 N–H and O–H groups in total. The molecule has 140 valence electrons. The minimum Gasteiger partial charge on any atom is -0.494 e. The quantitative estimate of drug-likeness (QED) is 0.633. The maximum absolute atomic E-state index is 12.1. The van der Waals surface area contributed by atoms with Crippen LogP contribution in [0.15, 0.2) is 67.0 Å². The Kier molecular flexibility index (Phi) is 6.46. The van der Waals surface area contributed by atoms with Crippen molar-refractivity contribution in [3.8, 4) is 11.5 Å². The predicted molar refractivity (Wildman–Crippen MR) is 103 cm³/mol. The molecule has 0 saturated heterocycles. The van der Waals surface area contributed by atoms with Gasteiger partial charge in [-0.05, 0) is 48.4 Å². The molecular weight excluding hydrogens is 342 g/mol. The first-order valence-corrected chi connectivity index (χ1v) is 8.91. The number of amides is 1. The van der Waals surface area contributed by atoms with Crippen LogP contribution >= 0.6 is 0 Å². The molecule has 0 bridgehead atoms. The zero-order chi connectivity index (χ0) is 18.9. The molecule has 0 radical (unpaired) electrons. The highest BCUT2D eigenvalue weighted by Crippen LogP contribution is 2.17. The number of benzene rings is 2. The summed E-state index contributed by atoms with van der Waals surface area (Å²) in [7, 11) is 0. The van der Waals surface area contributed by atoms with Crippen LogP contribution in [0.4, 0.5) is 0 Å². The number of hydrogen-bond donors (Lipinski definition) is 1. The monoisotopic (exact) mass is 365 g/mol. The van der Waals surface area contributed by atoms with Gasteiger partial charge in [0.15, 0.2) is 6.61 Å². The van der Waals surface area contributed by atoms with E-state index < -0.39 is 0 Å². The first-order valence-electron chi connectivity index (χ1n) is 8.91. The van der Waals surface area contributed by atoms with Crippen molar-refractivity contribution in [3.63, 3.8) is 0 Å². The van der Waals surface area contributed by atoms with Crippen molar-refractivity contribution in [2.45, 2.75) is 20.0 Å². The molecule has 27 heavy (non-hydrogen) atoms. The molecule has 3 rings (SSSR count). The molecule has 3 aromatic rings. The van der Waals surface area contributed by atoms with E-state index in [0.29, 0.717) is 25.4 Å². The highest BCUT2D eigenvalue weighted by molar-refractivity contribution is 5.77. The summed E-state index contributed by atoms with van der Waals surface area (Å²) in [5.41, 5.74) is 2.18. The summed E-state index contributed by atoms with van der Waals surface area (Å²) in [5.74, 6) is 1.24. The Morgan fingerprint density at radius 1 is 1.00 bits per heavy atom. The molecule has 0 aliphatic heterocycles. The second kappa shape index (κ2) is 9.43. The van der Waals surface area contributed by atoms with Crippen LogP contribution in [0.5, 0.6) is 11.5 Å². The van der Waals surface area contributed by atoms with E-state index in [-0.39, 0.29) is 12.5 Å². The summed E-state index contributed by atoms with van der Waals surface area (Å²) in [6.45, 7) is 3.63. The van der Waals surface area contributed by atoms with E-state index in [9.17, 15) is 4.79 Å². The molecule has 1 amide bonds. The third-order valence-electron chi connectivity index (χ3n) is 3.99. The summed E-state index contributed by atoms with van der Waals surface area (Å²) in [5, 5.41) is 7.13. The largest absolute Gasteiger partial charge is 0.494 e. The molecule has 2 aromatic carbocycles. The minimum absolute atomic E-state index is 0.0324. The Hall–Kier alpha value is -3.28. The summed E-state index contributed by atoms with van der Waals surface area (Å²) < 4.78 is 12.8. The van der Waals surface area contributed by atoms with Crippen LogP contribution in [0.3, 0.4) is 0 Å². The maximum atomic E-state index is 12.1. The van der Waals surface area contributed by atoms with E-state index in [1.165, 1.54) is 0 Å². The topological polar surface area (TPSA) is 65.4 Å². The van der Waals surface area contributed by atoms with Gasteiger partial charge in [-0.1, -0.05) is 24.3 Å². The number of nitrogens with zero attached hydrogens (tertiary/aromatic N) is 2. The van der Waals surface area contributed by atoms with Crippen LogP contribution < -0.4 is 14.8 Å². The van der Waals surface area contributed by atoms with Crippen LogP contribution in [0.25, 0.3) is 0 Å². The zero-order valence-electron chi connectivity index (χ0n) is 15.3. The lowest BCUT2D eigenvalue weighted by Crippen LogP contribution is -2.28. The maximum Gasteiger partial charge on any atom is 0.258 e. The normalized spacial score (nSPS) is 10.4. The average Bonchev–Trinajstić information content (AvgIpc) is 3.20. The average molecular weight is 365 g/mol. The Balaban J connectivity index is 1.49. The van der Waals surface area contributed by atoms with Crippen molar-refractivity contribution in [1.82, 2.24) is 15.1 Å². The lowest BCUT2D eigenvalue weighted by atomic mass is 10.1. The molecule has 0 saturated carbocycles. The molecule has 1 aromatic heterocycles. The number of carbonyl (C=O) groups is 1. The fraction of sp³-hybridized carbons (Fsp3) is 0.238. The molecule has 0 aliphatic carbocycles. The molecule has 6 nitrogen and oxygen atoms in total. The van der Waals surface area contributed by atoms with Crippen molar-refractivity contribution in [1.29, 1.82) is 0 Å². The number of nitrogens with one attached hydrogen (secondary N) is 1. The third-order valence-corrected chi connectivity index (χ3v) is 3.99. The number of hydrogen-bond acceptors (Lipinski definition) is 4. The molecule has 0 fully saturated rings. The number of ether oxygens (including phenoxy) is 2. The van der Waals surface area contributed by atoms with Crippen LogP contribution in [-0.4, -0.2) is 28.9 Å². The lowest BCUT2D eigenvalue weighted by molar-refractivity contribution is -0.123. The first-order chi connectivity index (χ1) is 13.2. The number of carbonyl (C=O) groups excluding carboxylic acids is 1. The van der Waals surface area contributed by atoms with Gasteiger partial charge in [-0.3, -0.25) is 9.48 Å². The Morgan fingerprint density at radius 3 is 2.37 bits per heavy atom. The van der Waals surface area contributed by atoms with Crippen LogP contribution in [0, 0.1) is 0 Å². The van der Waals surface area contributed by atoms with Gasteiger partial charge in [-0.15, -0.1) is 0 Å². The van der Waals surface area contributed by atoms with Gasteiger partial charge < -0.3 is 14.8 Å². The Labute approximate surface area is 158 Å². The predicted octanol–water partition coefficient (Wildman–Crippen LogP) is 3.03. The SMILES string of the molecule is CCOc1ccc(OCC(=O)NCc2ccccc2Cn2cccn2)cc1. The fourth-order valence-corrected chi connectivity index (χ4v) is 2.65.